The molecule has 0 fully saturated rings. The van der Waals surface area contributed by atoms with Crippen LogP contribution in [0.25, 0.3) is 0 Å². The molecule has 122 valence electrons. The van der Waals surface area contributed by atoms with Crippen LogP contribution in [0.1, 0.15) is 31.1 Å². The average Bonchev–Trinajstić information content (AvgIpc) is 2.48. The first-order valence-electron chi connectivity index (χ1n) is 6.84. The summed E-state index contributed by atoms with van der Waals surface area (Å²) in [5.41, 5.74) is 0.992. The fraction of sp³-hybridized carbons (Fsp3) is 0.222. The second-order valence-electron chi connectivity index (χ2n) is 4.71. The maximum absolute atomic E-state index is 11.8. The number of halogens is 1. The highest BCUT2D eigenvalue weighted by molar-refractivity contribution is 6.34. The second-order valence-corrected chi connectivity index (χ2v) is 5.12. The number of amides is 1. The quantitative estimate of drug-likeness (QED) is 0.787. The lowest BCUT2D eigenvalue weighted by Crippen LogP contribution is -2.15. The largest absolute Gasteiger partial charge is 0.493 e. The van der Waals surface area contributed by atoms with Gasteiger partial charge in [-0.2, -0.15) is 0 Å². The van der Waals surface area contributed by atoms with Gasteiger partial charge in [0, 0.05) is 11.3 Å². The summed E-state index contributed by atoms with van der Waals surface area (Å²) in [5, 5.41) is 3.05. The molecule has 0 heterocycles. The van der Waals surface area contributed by atoms with Crippen LogP contribution >= 0.6 is 11.6 Å². The molecule has 23 heavy (non-hydrogen) atoms. The second kappa shape index (κ2) is 8.96. The van der Waals surface area contributed by atoms with E-state index in [2.05, 4.69) is 5.32 Å². The van der Waals surface area contributed by atoms with Gasteiger partial charge in [0.15, 0.2) is 5.78 Å². The zero-order chi connectivity index (χ0) is 15.9. The van der Waals surface area contributed by atoms with Crippen molar-refractivity contribution in [2.24, 2.45) is 0 Å². The number of carbonyl (C=O) groups is 2. The van der Waals surface area contributed by atoms with Crippen LogP contribution in [0, 0.1) is 0 Å². The molecule has 0 radical (unpaired) electrons. The number of para-hydroxylation sites is 1. The molecule has 2 aromatic carbocycles. The Morgan fingerprint density at radius 2 is 1.83 bits per heavy atom. The molecule has 0 spiro atoms. The SMILES string of the molecule is C.CC(=O)c1ccc(NC(=O)CCOc2ccccc2)cc1Cl. The van der Waals surface area contributed by atoms with Gasteiger partial charge in [0.25, 0.3) is 0 Å². The highest BCUT2D eigenvalue weighted by atomic mass is 35.5. The summed E-state index contributed by atoms with van der Waals surface area (Å²) >= 11 is 6.00. The van der Waals surface area contributed by atoms with E-state index in [1.54, 1.807) is 18.2 Å². The van der Waals surface area contributed by atoms with Gasteiger partial charge < -0.3 is 10.1 Å². The predicted octanol–water partition coefficient (Wildman–Crippen LogP) is 4.59. The molecule has 0 saturated heterocycles. The summed E-state index contributed by atoms with van der Waals surface area (Å²) in [4.78, 5) is 23.1. The third-order valence-corrected chi connectivity index (χ3v) is 3.29. The normalized spacial score (nSPS) is 9.65. The number of carbonyl (C=O) groups excluding carboxylic acids is 2. The summed E-state index contributed by atoms with van der Waals surface area (Å²) in [5.74, 6) is 0.436. The third kappa shape index (κ3) is 5.75. The van der Waals surface area contributed by atoms with Gasteiger partial charge in [-0.25, -0.2) is 0 Å². The third-order valence-electron chi connectivity index (χ3n) is 2.97. The van der Waals surface area contributed by atoms with E-state index in [4.69, 9.17) is 16.3 Å². The van der Waals surface area contributed by atoms with E-state index in [0.717, 1.165) is 5.75 Å². The van der Waals surface area contributed by atoms with E-state index in [1.807, 2.05) is 30.3 Å². The molecule has 0 aliphatic rings. The Hall–Kier alpha value is -2.33. The molecule has 0 bridgehead atoms. The van der Waals surface area contributed by atoms with Crippen molar-refractivity contribution in [1.82, 2.24) is 0 Å². The smallest absolute Gasteiger partial charge is 0.227 e. The minimum absolute atomic E-state index is 0. The van der Waals surface area contributed by atoms with Crippen LogP contribution in [-0.2, 0) is 4.79 Å². The topological polar surface area (TPSA) is 55.4 Å². The molecule has 0 atom stereocenters. The van der Waals surface area contributed by atoms with Crippen molar-refractivity contribution in [2.75, 3.05) is 11.9 Å². The number of rotatable bonds is 6. The van der Waals surface area contributed by atoms with Crippen LogP contribution in [-0.4, -0.2) is 18.3 Å². The van der Waals surface area contributed by atoms with Crippen molar-refractivity contribution in [3.05, 3.63) is 59.1 Å². The summed E-state index contributed by atoms with van der Waals surface area (Å²) in [6.07, 6.45) is 0.223. The molecule has 0 aliphatic carbocycles. The minimum atomic E-state index is -0.178. The number of benzene rings is 2. The lowest BCUT2D eigenvalue weighted by Gasteiger charge is -2.08. The molecule has 0 aliphatic heterocycles. The first kappa shape index (κ1) is 18.7. The van der Waals surface area contributed by atoms with Crippen molar-refractivity contribution in [1.29, 1.82) is 0 Å². The van der Waals surface area contributed by atoms with E-state index < -0.39 is 0 Å². The van der Waals surface area contributed by atoms with Gasteiger partial charge in [0.05, 0.1) is 18.1 Å². The summed E-state index contributed by atoms with van der Waals surface area (Å²) in [6, 6.07) is 14.1. The summed E-state index contributed by atoms with van der Waals surface area (Å²) in [6.45, 7) is 1.73. The monoisotopic (exact) mass is 333 g/mol. The Labute approximate surface area is 141 Å². The molecular weight excluding hydrogens is 314 g/mol. The molecule has 0 saturated carbocycles. The van der Waals surface area contributed by atoms with Gasteiger partial charge in [-0.15, -0.1) is 0 Å². The number of hydrogen-bond donors (Lipinski definition) is 1. The predicted molar refractivity (Wildman–Crippen MR) is 93.4 cm³/mol. The Bertz CT molecular complexity index is 671. The van der Waals surface area contributed by atoms with Crippen LogP contribution in [0.4, 0.5) is 5.69 Å². The maximum atomic E-state index is 11.8. The van der Waals surface area contributed by atoms with E-state index in [-0.39, 0.29) is 32.1 Å². The highest BCUT2D eigenvalue weighted by Crippen LogP contribution is 2.21. The summed E-state index contributed by atoms with van der Waals surface area (Å²) in [7, 11) is 0. The van der Waals surface area contributed by atoms with Crippen molar-refractivity contribution < 1.29 is 14.3 Å². The first-order valence-corrected chi connectivity index (χ1v) is 7.22. The number of nitrogens with one attached hydrogen (secondary N) is 1. The van der Waals surface area contributed by atoms with E-state index in [9.17, 15) is 9.59 Å². The van der Waals surface area contributed by atoms with Gasteiger partial charge >= 0.3 is 0 Å². The van der Waals surface area contributed by atoms with Crippen molar-refractivity contribution in [3.63, 3.8) is 0 Å². The van der Waals surface area contributed by atoms with Crippen LogP contribution in [0.3, 0.4) is 0 Å². The Morgan fingerprint density at radius 3 is 2.43 bits per heavy atom. The standard InChI is InChI=1S/C17H16ClNO3.CH4/c1-12(20)15-8-7-13(11-16(15)18)19-17(21)9-10-22-14-5-3-2-4-6-14;/h2-8,11H,9-10H2,1H3,(H,19,21);1H4. The Morgan fingerprint density at radius 1 is 1.13 bits per heavy atom. The van der Waals surface area contributed by atoms with Crippen molar-refractivity contribution in [2.45, 2.75) is 20.8 Å². The molecule has 0 unspecified atom stereocenters. The first-order chi connectivity index (χ1) is 10.6. The fourth-order valence-corrected chi connectivity index (χ4v) is 2.19. The van der Waals surface area contributed by atoms with Crippen LogP contribution in [0.5, 0.6) is 5.75 Å². The van der Waals surface area contributed by atoms with E-state index in [0.29, 0.717) is 16.3 Å². The number of anilines is 1. The van der Waals surface area contributed by atoms with Gasteiger partial charge in [-0.3, -0.25) is 9.59 Å². The zero-order valence-electron chi connectivity index (χ0n) is 12.1. The van der Waals surface area contributed by atoms with Crippen molar-refractivity contribution >= 4 is 29.0 Å². The van der Waals surface area contributed by atoms with Crippen LogP contribution in [0.15, 0.2) is 48.5 Å². The Kier molecular flexibility index (Phi) is 7.29. The zero-order valence-corrected chi connectivity index (χ0v) is 12.9. The lowest BCUT2D eigenvalue weighted by atomic mass is 10.1. The number of ether oxygens (including phenoxy) is 1. The molecular formula is C18H20ClNO3. The molecule has 1 N–H and O–H groups in total. The lowest BCUT2D eigenvalue weighted by molar-refractivity contribution is -0.116. The molecule has 2 rings (SSSR count). The van der Waals surface area contributed by atoms with Gasteiger partial charge in [-0.1, -0.05) is 37.2 Å². The fourth-order valence-electron chi connectivity index (χ4n) is 1.88. The van der Waals surface area contributed by atoms with E-state index in [1.165, 1.54) is 6.92 Å². The Balaban J connectivity index is 0.00000264. The van der Waals surface area contributed by atoms with Gasteiger partial charge in [0.1, 0.15) is 5.75 Å². The molecule has 1 amide bonds. The average molecular weight is 334 g/mol. The van der Waals surface area contributed by atoms with Crippen LogP contribution in [0.2, 0.25) is 5.02 Å². The minimum Gasteiger partial charge on any atom is -0.493 e. The maximum Gasteiger partial charge on any atom is 0.227 e. The molecule has 4 nitrogen and oxygen atoms in total. The van der Waals surface area contributed by atoms with E-state index >= 15 is 0 Å². The number of ketones is 1. The summed E-state index contributed by atoms with van der Waals surface area (Å²) < 4.78 is 5.46. The number of hydrogen-bond acceptors (Lipinski definition) is 3. The number of Topliss-reactive ketones (excluding diaryl/α,β-unsaturated/α-hetero) is 1. The van der Waals surface area contributed by atoms with Gasteiger partial charge in [0.2, 0.25) is 5.91 Å². The van der Waals surface area contributed by atoms with Gasteiger partial charge in [-0.05, 0) is 37.3 Å². The molecule has 0 aromatic heterocycles. The molecule has 5 heteroatoms. The van der Waals surface area contributed by atoms with Crippen molar-refractivity contribution in [3.8, 4) is 5.75 Å². The molecule has 2 aromatic rings. The highest BCUT2D eigenvalue weighted by Gasteiger charge is 2.08. The van der Waals surface area contributed by atoms with Crippen LogP contribution < -0.4 is 10.1 Å².